The van der Waals surface area contributed by atoms with Gasteiger partial charge in [0.25, 0.3) is 0 Å². The molecule has 0 spiro atoms. The highest BCUT2D eigenvalue weighted by atomic mass is 19.1. The van der Waals surface area contributed by atoms with Crippen molar-refractivity contribution < 1.29 is 18.7 Å². The van der Waals surface area contributed by atoms with Crippen molar-refractivity contribution in [1.82, 2.24) is 10.2 Å². The van der Waals surface area contributed by atoms with Gasteiger partial charge in [-0.05, 0) is 38.2 Å². The van der Waals surface area contributed by atoms with Crippen LogP contribution in [0.2, 0.25) is 0 Å². The maximum atomic E-state index is 13.8. The Bertz CT molecular complexity index is 786. The average Bonchev–Trinajstić information content (AvgIpc) is 2.81. The lowest BCUT2D eigenvalue weighted by atomic mass is 9.93. The van der Waals surface area contributed by atoms with E-state index in [9.17, 15) is 14.0 Å². The lowest BCUT2D eigenvalue weighted by molar-refractivity contribution is -0.124. The minimum atomic E-state index is -1.09. The van der Waals surface area contributed by atoms with Gasteiger partial charge in [-0.3, -0.25) is 14.9 Å². The van der Waals surface area contributed by atoms with E-state index >= 15 is 0 Å². The molecule has 0 saturated carbocycles. The molecule has 0 bridgehead atoms. The number of rotatable bonds is 5. The second-order valence-electron chi connectivity index (χ2n) is 6.42. The molecule has 1 N–H and O–H groups in total. The zero-order valence-corrected chi connectivity index (χ0v) is 14.4. The Kier molecular flexibility index (Phi) is 4.78. The SMILES string of the molecule is Cc1ccc([C@H]2C(=O)C3=C(O[C@H](NCCN(C)C)C=N3)C2=O)cc1F. The number of halogens is 1. The van der Waals surface area contributed by atoms with Crippen LogP contribution >= 0.6 is 0 Å². The Morgan fingerprint density at radius 3 is 2.72 bits per heavy atom. The van der Waals surface area contributed by atoms with Crippen LogP contribution in [0.1, 0.15) is 17.0 Å². The van der Waals surface area contributed by atoms with Crippen molar-refractivity contribution in [3.63, 3.8) is 0 Å². The van der Waals surface area contributed by atoms with E-state index in [1.807, 2.05) is 19.0 Å². The predicted octanol–water partition coefficient (Wildman–Crippen LogP) is 1.16. The number of likely N-dealkylation sites (N-methyl/N-ethyl adjacent to an activating group) is 1. The summed E-state index contributed by atoms with van der Waals surface area (Å²) >= 11 is 0. The molecule has 0 radical (unpaired) electrons. The number of ether oxygens (including phenoxy) is 1. The van der Waals surface area contributed by atoms with Crippen LogP contribution in [0.4, 0.5) is 4.39 Å². The van der Waals surface area contributed by atoms with E-state index in [1.54, 1.807) is 19.1 Å². The highest BCUT2D eigenvalue weighted by molar-refractivity contribution is 6.27. The molecule has 1 heterocycles. The van der Waals surface area contributed by atoms with Crippen LogP contribution in [-0.2, 0) is 14.3 Å². The summed E-state index contributed by atoms with van der Waals surface area (Å²) in [6.45, 7) is 3.05. The van der Waals surface area contributed by atoms with Gasteiger partial charge in [-0.2, -0.15) is 0 Å². The third-order valence-electron chi connectivity index (χ3n) is 4.21. The molecule has 1 aromatic rings. The van der Waals surface area contributed by atoms with Crippen molar-refractivity contribution in [1.29, 1.82) is 0 Å². The predicted molar refractivity (Wildman–Crippen MR) is 90.8 cm³/mol. The topological polar surface area (TPSA) is 71.0 Å². The summed E-state index contributed by atoms with van der Waals surface area (Å²) in [5, 5.41) is 3.10. The van der Waals surface area contributed by atoms with Crippen molar-refractivity contribution in [3.05, 3.63) is 46.6 Å². The Morgan fingerprint density at radius 1 is 1.28 bits per heavy atom. The molecule has 2 aliphatic rings. The Balaban J connectivity index is 1.76. The summed E-state index contributed by atoms with van der Waals surface area (Å²) in [6, 6.07) is 4.37. The number of aliphatic imine (C=N–C) groups is 1. The molecule has 0 amide bonds. The summed E-state index contributed by atoms with van der Waals surface area (Å²) in [5.41, 5.74) is 0.795. The minimum absolute atomic E-state index is 0.0154. The number of aryl methyl sites for hydroxylation is 1. The lowest BCUT2D eigenvalue weighted by Gasteiger charge is -2.21. The molecule has 7 heteroatoms. The van der Waals surface area contributed by atoms with Gasteiger partial charge in [0.15, 0.2) is 23.5 Å². The number of Topliss-reactive ketones (excluding diaryl/α,β-unsaturated/α-hetero) is 2. The molecule has 25 heavy (non-hydrogen) atoms. The van der Waals surface area contributed by atoms with Crippen LogP contribution in [-0.4, -0.2) is 56.1 Å². The molecule has 6 nitrogen and oxygen atoms in total. The monoisotopic (exact) mass is 345 g/mol. The zero-order valence-electron chi connectivity index (χ0n) is 14.4. The van der Waals surface area contributed by atoms with Crippen LogP contribution in [0.5, 0.6) is 0 Å². The average molecular weight is 345 g/mol. The van der Waals surface area contributed by atoms with Crippen LogP contribution in [0.15, 0.2) is 34.6 Å². The first kappa shape index (κ1) is 17.4. The molecular weight excluding hydrogens is 325 g/mol. The maximum absolute atomic E-state index is 13.8. The van der Waals surface area contributed by atoms with Gasteiger partial charge in [-0.25, -0.2) is 9.38 Å². The fraction of sp³-hybridized carbons (Fsp3) is 0.389. The van der Waals surface area contributed by atoms with Crippen LogP contribution in [0.25, 0.3) is 0 Å². The van der Waals surface area contributed by atoms with Gasteiger partial charge >= 0.3 is 0 Å². The Morgan fingerprint density at radius 2 is 2.04 bits per heavy atom. The standard InChI is InChI=1S/C18H20FN3O3/c1-10-4-5-11(8-12(10)19)14-16(23)15-18(17(14)24)25-13(9-21-15)20-6-7-22(2)3/h4-5,8-9,13-14,20H,6-7H2,1-3H3/t13-,14-/m0/s1. The summed E-state index contributed by atoms with van der Waals surface area (Å²) < 4.78 is 19.4. The van der Waals surface area contributed by atoms with Crippen LogP contribution in [0.3, 0.4) is 0 Å². The van der Waals surface area contributed by atoms with E-state index in [1.165, 1.54) is 12.3 Å². The second kappa shape index (κ2) is 6.85. The summed E-state index contributed by atoms with van der Waals surface area (Å²) in [6.07, 6.45) is 0.904. The van der Waals surface area contributed by atoms with Crippen LogP contribution in [0, 0.1) is 12.7 Å². The van der Waals surface area contributed by atoms with Crippen molar-refractivity contribution in [3.8, 4) is 0 Å². The number of nitrogens with one attached hydrogen (secondary N) is 1. The van der Waals surface area contributed by atoms with Gasteiger partial charge < -0.3 is 9.64 Å². The van der Waals surface area contributed by atoms with Crippen molar-refractivity contribution in [2.45, 2.75) is 19.1 Å². The van der Waals surface area contributed by atoms with Crippen molar-refractivity contribution in [2.75, 3.05) is 27.2 Å². The lowest BCUT2D eigenvalue weighted by Crippen LogP contribution is -2.39. The van der Waals surface area contributed by atoms with Gasteiger partial charge in [-0.15, -0.1) is 0 Å². The number of benzene rings is 1. The molecule has 0 unspecified atom stereocenters. The summed E-state index contributed by atoms with van der Waals surface area (Å²) in [5.74, 6) is -2.50. The molecule has 3 rings (SSSR count). The number of hydrogen-bond donors (Lipinski definition) is 1. The number of nitrogens with zero attached hydrogens (tertiary/aromatic N) is 2. The normalized spacial score (nSPS) is 22.6. The van der Waals surface area contributed by atoms with E-state index in [0.29, 0.717) is 17.7 Å². The Labute approximate surface area is 145 Å². The van der Waals surface area contributed by atoms with E-state index in [2.05, 4.69) is 10.3 Å². The van der Waals surface area contributed by atoms with E-state index in [4.69, 9.17) is 4.74 Å². The van der Waals surface area contributed by atoms with Gasteiger partial charge in [0.1, 0.15) is 11.7 Å². The smallest absolute Gasteiger partial charge is 0.215 e. The first-order valence-electron chi connectivity index (χ1n) is 8.06. The third-order valence-corrected chi connectivity index (χ3v) is 4.21. The van der Waals surface area contributed by atoms with Gasteiger partial charge in [0, 0.05) is 13.1 Å². The number of carbonyl (C=O) groups excluding carboxylic acids is 2. The number of allylic oxidation sites excluding steroid dienone is 2. The van der Waals surface area contributed by atoms with E-state index in [0.717, 1.165) is 6.54 Å². The number of ketones is 2. The van der Waals surface area contributed by atoms with Crippen LogP contribution < -0.4 is 5.32 Å². The highest BCUT2D eigenvalue weighted by Gasteiger charge is 2.45. The minimum Gasteiger partial charge on any atom is -0.464 e. The molecule has 1 aliphatic carbocycles. The summed E-state index contributed by atoms with van der Waals surface area (Å²) in [4.78, 5) is 31.3. The first-order chi connectivity index (χ1) is 11.9. The molecule has 0 saturated heterocycles. The number of hydrogen-bond acceptors (Lipinski definition) is 6. The fourth-order valence-electron chi connectivity index (χ4n) is 2.77. The first-order valence-corrected chi connectivity index (χ1v) is 8.06. The third kappa shape index (κ3) is 3.38. The quantitative estimate of drug-likeness (QED) is 0.811. The molecule has 1 aliphatic heterocycles. The van der Waals surface area contributed by atoms with E-state index in [-0.39, 0.29) is 11.5 Å². The van der Waals surface area contributed by atoms with Gasteiger partial charge in [-0.1, -0.05) is 12.1 Å². The fourth-order valence-corrected chi connectivity index (χ4v) is 2.77. The zero-order chi connectivity index (χ0) is 18.1. The molecule has 0 fully saturated rings. The van der Waals surface area contributed by atoms with Gasteiger partial charge in [0.2, 0.25) is 5.78 Å². The molecule has 132 valence electrons. The summed E-state index contributed by atoms with van der Waals surface area (Å²) in [7, 11) is 3.89. The highest BCUT2D eigenvalue weighted by Crippen LogP contribution is 2.36. The molecule has 0 aromatic heterocycles. The number of carbonyl (C=O) groups is 2. The second-order valence-corrected chi connectivity index (χ2v) is 6.42. The maximum Gasteiger partial charge on any atom is 0.215 e. The Hall–Kier alpha value is -2.38. The van der Waals surface area contributed by atoms with Crippen molar-refractivity contribution in [2.24, 2.45) is 4.99 Å². The van der Waals surface area contributed by atoms with Crippen molar-refractivity contribution >= 4 is 17.8 Å². The van der Waals surface area contributed by atoms with Gasteiger partial charge in [0.05, 0.1) is 6.21 Å². The molecular formula is C18H20FN3O3. The van der Waals surface area contributed by atoms with E-state index < -0.39 is 29.5 Å². The molecule has 1 aromatic carbocycles. The molecule has 2 atom stereocenters. The largest absolute Gasteiger partial charge is 0.464 e.